The average Bonchev–Trinajstić information content (AvgIpc) is 2.74. The van der Waals surface area contributed by atoms with Gasteiger partial charge in [-0.25, -0.2) is 4.98 Å². The fraction of sp³-hybridized carbons (Fsp3) is 0.692. The number of hydrogen-bond donors (Lipinski definition) is 2. The highest BCUT2D eigenvalue weighted by atomic mass is 32.1. The van der Waals surface area contributed by atoms with E-state index in [2.05, 4.69) is 27.9 Å². The molecule has 0 aliphatic heterocycles. The van der Waals surface area contributed by atoms with Crippen LogP contribution in [0.3, 0.4) is 0 Å². The molecule has 0 aliphatic carbocycles. The van der Waals surface area contributed by atoms with E-state index in [-0.39, 0.29) is 18.0 Å². The summed E-state index contributed by atoms with van der Waals surface area (Å²) in [6.45, 7) is 8.75. The first-order chi connectivity index (χ1) is 8.52. The van der Waals surface area contributed by atoms with Crippen LogP contribution in [0.15, 0.2) is 5.38 Å². The number of aryl methyl sites for hydroxylation is 1. The van der Waals surface area contributed by atoms with Gasteiger partial charge in [-0.2, -0.15) is 0 Å². The minimum atomic E-state index is -0.154. The Kier molecular flexibility index (Phi) is 6.29. The van der Waals surface area contributed by atoms with Crippen LogP contribution in [0.5, 0.6) is 0 Å². The summed E-state index contributed by atoms with van der Waals surface area (Å²) in [5.74, 6) is 0.0683. The Labute approximate surface area is 113 Å². The molecule has 1 aromatic heterocycles. The molecule has 2 atom stereocenters. The van der Waals surface area contributed by atoms with Crippen molar-refractivity contribution in [3.05, 3.63) is 16.1 Å². The lowest BCUT2D eigenvalue weighted by Crippen LogP contribution is -2.45. The Balaban J connectivity index is 2.24. The Morgan fingerprint density at radius 2 is 2.22 bits per heavy atom. The highest BCUT2D eigenvalue weighted by molar-refractivity contribution is 7.09. The van der Waals surface area contributed by atoms with Gasteiger partial charge >= 0.3 is 0 Å². The van der Waals surface area contributed by atoms with Crippen LogP contribution in [0.2, 0.25) is 0 Å². The third-order valence-electron chi connectivity index (χ3n) is 2.89. The molecular formula is C13H23N3OS. The Hall–Kier alpha value is -0.940. The van der Waals surface area contributed by atoms with Crippen LogP contribution in [-0.2, 0) is 11.2 Å². The first-order valence-corrected chi connectivity index (χ1v) is 7.35. The minimum absolute atomic E-state index is 0.0683. The van der Waals surface area contributed by atoms with E-state index >= 15 is 0 Å². The van der Waals surface area contributed by atoms with E-state index in [1.807, 2.05) is 20.8 Å². The Morgan fingerprint density at radius 3 is 2.78 bits per heavy atom. The third-order valence-corrected chi connectivity index (χ3v) is 3.71. The van der Waals surface area contributed by atoms with Crippen LogP contribution >= 0.6 is 11.3 Å². The fourth-order valence-electron chi connectivity index (χ4n) is 1.50. The quantitative estimate of drug-likeness (QED) is 0.795. The third kappa shape index (κ3) is 5.14. The number of amides is 1. The van der Waals surface area contributed by atoms with Crippen molar-refractivity contribution in [1.29, 1.82) is 0 Å². The molecular weight excluding hydrogens is 246 g/mol. The molecule has 0 saturated heterocycles. The molecule has 0 radical (unpaired) electrons. The van der Waals surface area contributed by atoms with Crippen molar-refractivity contribution in [3.63, 3.8) is 0 Å². The summed E-state index contributed by atoms with van der Waals surface area (Å²) in [4.78, 5) is 16.2. The topological polar surface area (TPSA) is 54.0 Å². The van der Waals surface area contributed by atoms with Crippen molar-refractivity contribution in [1.82, 2.24) is 15.6 Å². The molecule has 102 valence electrons. The predicted molar refractivity (Wildman–Crippen MR) is 75.9 cm³/mol. The van der Waals surface area contributed by atoms with Gasteiger partial charge < -0.3 is 10.6 Å². The van der Waals surface area contributed by atoms with Gasteiger partial charge in [0.25, 0.3) is 0 Å². The van der Waals surface area contributed by atoms with Gasteiger partial charge in [-0.3, -0.25) is 4.79 Å². The van der Waals surface area contributed by atoms with E-state index in [0.29, 0.717) is 0 Å². The Morgan fingerprint density at radius 1 is 1.50 bits per heavy atom. The summed E-state index contributed by atoms with van der Waals surface area (Å²) in [5, 5.41) is 9.35. The zero-order chi connectivity index (χ0) is 13.5. The molecule has 1 rings (SSSR count). The fourth-order valence-corrected chi connectivity index (χ4v) is 2.15. The van der Waals surface area contributed by atoms with Gasteiger partial charge in [-0.15, -0.1) is 11.3 Å². The molecule has 18 heavy (non-hydrogen) atoms. The molecule has 1 aromatic rings. The molecule has 0 bridgehead atoms. The lowest BCUT2D eigenvalue weighted by atomic mass is 10.2. The van der Waals surface area contributed by atoms with Crippen LogP contribution in [0, 0.1) is 6.92 Å². The largest absolute Gasteiger partial charge is 0.352 e. The van der Waals surface area contributed by atoms with Gasteiger partial charge in [0.2, 0.25) is 5.91 Å². The molecule has 1 heterocycles. The number of nitrogens with zero attached hydrogens (tertiary/aromatic N) is 1. The van der Waals surface area contributed by atoms with Crippen molar-refractivity contribution < 1.29 is 4.79 Å². The smallest absolute Gasteiger partial charge is 0.237 e. The van der Waals surface area contributed by atoms with E-state index in [9.17, 15) is 4.79 Å². The first-order valence-electron chi connectivity index (χ1n) is 6.47. The first kappa shape index (κ1) is 15.1. The van der Waals surface area contributed by atoms with Crippen LogP contribution in [-0.4, -0.2) is 29.5 Å². The lowest BCUT2D eigenvalue weighted by molar-refractivity contribution is -0.123. The number of carbonyl (C=O) groups excluding carboxylic acids is 1. The summed E-state index contributed by atoms with van der Waals surface area (Å²) in [6.07, 6.45) is 1.82. The number of hydrogen-bond acceptors (Lipinski definition) is 4. The van der Waals surface area contributed by atoms with Crippen LogP contribution < -0.4 is 10.6 Å². The molecule has 0 fully saturated rings. The van der Waals surface area contributed by atoms with Gasteiger partial charge in [-0.1, -0.05) is 6.92 Å². The highest BCUT2D eigenvalue weighted by Gasteiger charge is 2.13. The molecule has 5 heteroatoms. The predicted octanol–water partition coefficient (Wildman–Crippen LogP) is 1.89. The summed E-state index contributed by atoms with van der Waals surface area (Å²) in [7, 11) is 0. The second kappa shape index (κ2) is 7.48. The highest BCUT2D eigenvalue weighted by Crippen LogP contribution is 2.07. The zero-order valence-corrected chi connectivity index (χ0v) is 12.4. The maximum atomic E-state index is 11.8. The van der Waals surface area contributed by atoms with Crippen molar-refractivity contribution in [2.75, 3.05) is 6.54 Å². The normalized spacial score (nSPS) is 14.2. The molecule has 0 aromatic carbocycles. The molecule has 4 nitrogen and oxygen atoms in total. The van der Waals surface area contributed by atoms with E-state index in [1.54, 1.807) is 11.3 Å². The van der Waals surface area contributed by atoms with Crippen LogP contribution in [0.4, 0.5) is 0 Å². The maximum Gasteiger partial charge on any atom is 0.237 e. The molecule has 2 N–H and O–H groups in total. The summed E-state index contributed by atoms with van der Waals surface area (Å²) < 4.78 is 0. The SMILES string of the molecule is CCC(C)NC(=O)C(C)NCCc1csc(C)n1. The van der Waals surface area contributed by atoms with Crippen LogP contribution in [0.25, 0.3) is 0 Å². The minimum Gasteiger partial charge on any atom is -0.352 e. The number of thiazole rings is 1. The summed E-state index contributed by atoms with van der Waals surface area (Å²) >= 11 is 1.66. The van der Waals surface area contributed by atoms with Gasteiger partial charge in [0.05, 0.1) is 16.7 Å². The standard InChI is InChI=1S/C13H23N3OS/c1-5-9(2)15-13(17)10(3)14-7-6-12-8-18-11(4)16-12/h8-10,14H,5-7H2,1-4H3,(H,15,17). The van der Waals surface area contributed by atoms with Crippen molar-refractivity contribution in [3.8, 4) is 0 Å². The van der Waals surface area contributed by atoms with Crippen molar-refractivity contribution in [2.45, 2.75) is 52.6 Å². The monoisotopic (exact) mass is 269 g/mol. The van der Waals surface area contributed by atoms with Gasteiger partial charge in [-0.05, 0) is 27.2 Å². The lowest BCUT2D eigenvalue weighted by Gasteiger charge is -2.17. The second-order valence-corrected chi connectivity index (χ2v) is 5.66. The number of nitrogens with one attached hydrogen (secondary N) is 2. The second-order valence-electron chi connectivity index (χ2n) is 4.60. The molecule has 0 spiro atoms. The zero-order valence-electron chi connectivity index (χ0n) is 11.6. The number of rotatable bonds is 7. The van der Waals surface area contributed by atoms with Gasteiger partial charge in [0.1, 0.15) is 0 Å². The van der Waals surface area contributed by atoms with E-state index in [4.69, 9.17) is 0 Å². The van der Waals surface area contributed by atoms with Crippen molar-refractivity contribution in [2.24, 2.45) is 0 Å². The van der Waals surface area contributed by atoms with Gasteiger partial charge in [0.15, 0.2) is 0 Å². The van der Waals surface area contributed by atoms with E-state index < -0.39 is 0 Å². The Bertz CT molecular complexity index is 378. The molecule has 0 saturated carbocycles. The van der Waals surface area contributed by atoms with E-state index in [1.165, 1.54) is 0 Å². The van der Waals surface area contributed by atoms with Crippen LogP contribution in [0.1, 0.15) is 37.9 Å². The van der Waals surface area contributed by atoms with E-state index in [0.717, 1.165) is 30.1 Å². The van der Waals surface area contributed by atoms with Gasteiger partial charge in [0, 0.05) is 24.4 Å². The molecule has 1 amide bonds. The molecule has 2 unspecified atom stereocenters. The summed E-state index contributed by atoms with van der Waals surface area (Å²) in [6, 6.07) is 0.0849. The summed E-state index contributed by atoms with van der Waals surface area (Å²) in [5.41, 5.74) is 1.10. The average molecular weight is 269 g/mol. The maximum absolute atomic E-state index is 11.8. The van der Waals surface area contributed by atoms with Crippen molar-refractivity contribution >= 4 is 17.2 Å². The number of carbonyl (C=O) groups is 1. The molecule has 0 aliphatic rings. The number of aromatic nitrogens is 1.